The standard InChI is InChI=1S/C14H12.2C5H11N.3C2H6/c1-2-6-12-10-14-8-4-3-7-13(14)9-11(12)5-1;2*1-6-4-2-3-5-6;3*1-2/h1-8H,9-10H2;2*2-5H2,1H3;3*1-2H3. The molecular formula is C30H52N2. The quantitative estimate of drug-likeness (QED) is 0.353. The molecule has 0 atom stereocenters. The Morgan fingerprint density at radius 2 is 0.656 bits per heavy atom. The summed E-state index contributed by atoms with van der Waals surface area (Å²) in [5.74, 6) is 0. The van der Waals surface area contributed by atoms with Crippen LogP contribution >= 0.6 is 0 Å². The second-order valence-electron chi connectivity index (χ2n) is 7.91. The minimum absolute atomic E-state index is 1.10. The predicted molar refractivity (Wildman–Crippen MR) is 146 cm³/mol. The van der Waals surface area contributed by atoms with Crippen LogP contribution in [0.3, 0.4) is 0 Å². The van der Waals surface area contributed by atoms with E-state index in [1.54, 1.807) is 0 Å². The van der Waals surface area contributed by atoms with Gasteiger partial charge in [0.25, 0.3) is 0 Å². The highest BCUT2D eigenvalue weighted by Gasteiger charge is 2.13. The summed E-state index contributed by atoms with van der Waals surface area (Å²) in [5.41, 5.74) is 5.97. The fourth-order valence-electron chi connectivity index (χ4n) is 3.97. The van der Waals surface area contributed by atoms with Gasteiger partial charge in [-0.05, 0) is 101 Å². The monoisotopic (exact) mass is 440 g/mol. The van der Waals surface area contributed by atoms with Gasteiger partial charge in [0, 0.05) is 0 Å². The van der Waals surface area contributed by atoms with E-state index in [0.717, 1.165) is 12.8 Å². The Kier molecular flexibility index (Phi) is 19.0. The van der Waals surface area contributed by atoms with E-state index in [-0.39, 0.29) is 0 Å². The highest BCUT2D eigenvalue weighted by atomic mass is 15.1. The van der Waals surface area contributed by atoms with Crippen molar-refractivity contribution in [1.82, 2.24) is 9.80 Å². The molecule has 2 aromatic rings. The highest BCUT2D eigenvalue weighted by Crippen LogP contribution is 2.26. The van der Waals surface area contributed by atoms with Crippen molar-refractivity contribution in [3.63, 3.8) is 0 Å². The van der Waals surface area contributed by atoms with Gasteiger partial charge in [0.05, 0.1) is 0 Å². The van der Waals surface area contributed by atoms with Crippen molar-refractivity contribution in [2.75, 3.05) is 40.3 Å². The van der Waals surface area contributed by atoms with Crippen LogP contribution in [0.25, 0.3) is 0 Å². The maximum Gasteiger partial charge on any atom is -0.00201 e. The maximum atomic E-state index is 2.36. The molecule has 0 N–H and O–H groups in total. The first-order valence-electron chi connectivity index (χ1n) is 13.2. The molecule has 0 spiro atoms. The highest BCUT2D eigenvalue weighted by molar-refractivity contribution is 5.44. The summed E-state index contributed by atoms with van der Waals surface area (Å²) in [6.07, 6.45) is 7.86. The maximum absolute atomic E-state index is 2.36. The van der Waals surface area contributed by atoms with Gasteiger partial charge in [-0.15, -0.1) is 0 Å². The Labute approximate surface area is 201 Å². The second kappa shape index (κ2) is 20.0. The van der Waals surface area contributed by atoms with Gasteiger partial charge in [-0.3, -0.25) is 0 Å². The lowest BCUT2D eigenvalue weighted by Crippen LogP contribution is -2.10. The third kappa shape index (κ3) is 11.8. The molecule has 2 fully saturated rings. The summed E-state index contributed by atoms with van der Waals surface area (Å²) in [6.45, 7) is 17.3. The first-order valence-corrected chi connectivity index (χ1v) is 13.2. The van der Waals surface area contributed by atoms with E-state index in [4.69, 9.17) is 0 Å². The van der Waals surface area contributed by atoms with Crippen molar-refractivity contribution in [3.05, 3.63) is 70.8 Å². The summed E-state index contributed by atoms with van der Waals surface area (Å²) in [4.78, 5) is 4.72. The van der Waals surface area contributed by atoms with E-state index in [0.29, 0.717) is 0 Å². The fraction of sp³-hybridized carbons (Fsp3) is 0.600. The Hall–Kier alpha value is -1.64. The number of benzene rings is 2. The molecule has 0 unspecified atom stereocenters. The van der Waals surface area contributed by atoms with E-state index in [1.807, 2.05) is 41.5 Å². The van der Waals surface area contributed by atoms with Crippen LogP contribution in [0.4, 0.5) is 0 Å². The van der Waals surface area contributed by atoms with Gasteiger partial charge in [0.1, 0.15) is 0 Å². The molecule has 2 aromatic carbocycles. The van der Waals surface area contributed by atoms with Gasteiger partial charge in [-0.1, -0.05) is 90.1 Å². The van der Waals surface area contributed by atoms with E-state index < -0.39 is 0 Å². The summed E-state index contributed by atoms with van der Waals surface area (Å²) in [7, 11) is 4.35. The van der Waals surface area contributed by atoms with Crippen molar-refractivity contribution in [2.24, 2.45) is 0 Å². The third-order valence-electron chi connectivity index (χ3n) is 5.66. The first-order chi connectivity index (χ1) is 15.7. The van der Waals surface area contributed by atoms with E-state index in [1.165, 1.54) is 74.1 Å². The lowest BCUT2D eigenvalue weighted by Gasteiger charge is -2.18. The normalized spacial score (nSPS) is 15.9. The number of hydrogen-bond acceptors (Lipinski definition) is 2. The van der Waals surface area contributed by atoms with Crippen molar-refractivity contribution in [2.45, 2.75) is 80.1 Å². The zero-order valence-electron chi connectivity index (χ0n) is 22.6. The molecule has 5 rings (SSSR count). The van der Waals surface area contributed by atoms with E-state index in [2.05, 4.69) is 72.4 Å². The van der Waals surface area contributed by atoms with Crippen LogP contribution in [0.5, 0.6) is 0 Å². The first kappa shape index (κ1) is 30.4. The zero-order valence-corrected chi connectivity index (χ0v) is 22.6. The molecule has 2 nitrogen and oxygen atoms in total. The molecule has 2 aliphatic heterocycles. The number of nitrogens with zero attached hydrogens (tertiary/aromatic N) is 2. The Morgan fingerprint density at radius 3 is 0.812 bits per heavy atom. The Morgan fingerprint density at radius 1 is 0.438 bits per heavy atom. The average molecular weight is 441 g/mol. The van der Waals surface area contributed by atoms with Crippen LogP contribution in [-0.4, -0.2) is 50.1 Å². The van der Waals surface area contributed by atoms with Gasteiger partial charge < -0.3 is 9.80 Å². The van der Waals surface area contributed by atoms with Crippen molar-refractivity contribution < 1.29 is 0 Å². The molecule has 182 valence electrons. The fourth-order valence-corrected chi connectivity index (χ4v) is 3.97. The van der Waals surface area contributed by atoms with E-state index >= 15 is 0 Å². The third-order valence-corrected chi connectivity index (χ3v) is 5.66. The van der Waals surface area contributed by atoms with Gasteiger partial charge in [0.15, 0.2) is 0 Å². The number of hydrogen-bond donors (Lipinski definition) is 0. The summed E-state index contributed by atoms with van der Waals surface area (Å²) in [6, 6.07) is 17.5. The molecular weight excluding hydrogens is 388 g/mol. The molecule has 2 heteroatoms. The predicted octanol–water partition coefficient (Wildman–Crippen LogP) is 7.68. The largest absolute Gasteiger partial charge is 0.306 e. The molecule has 0 aromatic heterocycles. The average Bonchev–Trinajstić information content (AvgIpc) is 3.56. The molecule has 0 amide bonds. The SMILES string of the molecule is CC.CC.CC.CN1CCCC1.CN1CCCC1.c1ccc2c(c1)Cc1ccccc1C2. The van der Waals surface area contributed by atoms with Gasteiger partial charge in [-0.25, -0.2) is 0 Å². The van der Waals surface area contributed by atoms with Crippen molar-refractivity contribution in [1.29, 1.82) is 0 Å². The molecule has 1 aliphatic carbocycles. The second-order valence-corrected chi connectivity index (χ2v) is 7.91. The van der Waals surface area contributed by atoms with Crippen LogP contribution in [0.15, 0.2) is 48.5 Å². The smallest absolute Gasteiger partial charge is 0.00201 e. The van der Waals surface area contributed by atoms with Crippen molar-refractivity contribution in [3.8, 4) is 0 Å². The van der Waals surface area contributed by atoms with Crippen LogP contribution in [0.2, 0.25) is 0 Å². The molecule has 0 bridgehead atoms. The lowest BCUT2D eigenvalue weighted by atomic mass is 9.86. The summed E-state index contributed by atoms with van der Waals surface area (Å²) < 4.78 is 0. The summed E-state index contributed by atoms with van der Waals surface area (Å²) >= 11 is 0. The van der Waals surface area contributed by atoms with E-state index in [9.17, 15) is 0 Å². The summed E-state index contributed by atoms with van der Waals surface area (Å²) in [5, 5.41) is 0. The topological polar surface area (TPSA) is 6.48 Å². The van der Waals surface area contributed by atoms with Crippen molar-refractivity contribution >= 4 is 0 Å². The zero-order chi connectivity index (χ0) is 24.2. The number of fused-ring (bicyclic) bond motifs is 2. The van der Waals surface area contributed by atoms with Crippen LogP contribution < -0.4 is 0 Å². The van der Waals surface area contributed by atoms with Crippen LogP contribution in [0, 0.1) is 0 Å². The molecule has 0 saturated carbocycles. The molecule has 2 saturated heterocycles. The Bertz CT molecular complexity index is 567. The molecule has 3 aliphatic rings. The minimum atomic E-state index is 1.10. The van der Waals surface area contributed by atoms with Crippen LogP contribution in [-0.2, 0) is 12.8 Å². The molecule has 2 heterocycles. The minimum Gasteiger partial charge on any atom is -0.306 e. The van der Waals surface area contributed by atoms with Gasteiger partial charge in [0.2, 0.25) is 0 Å². The molecule has 0 radical (unpaired) electrons. The number of likely N-dealkylation sites (tertiary alicyclic amines) is 2. The van der Waals surface area contributed by atoms with Gasteiger partial charge >= 0.3 is 0 Å². The van der Waals surface area contributed by atoms with Crippen LogP contribution in [0.1, 0.15) is 89.5 Å². The molecule has 32 heavy (non-hydrogen) atoms. The Balaban J connectivity index is 0.000000450. The lowest BCUT2D eigenvalue weighted by molar-refractivity contribution is 0.418. The number of rotatable bonds is 0. The van der Waals surface area contributed by atoms with Gasteiger partial charge in [-0.2, -0.15) is 0 Å².